The van der Waals surface area contributed by atoms with Gasteiger partial charge in [-0.25, -0.2) is 0 Å². The molecular weight excluding hydrogens is 312 g/mol. The molecular formula is C18H21ClN2O2. The fraction of sp³-hybridized carbons (Fsp3) is 0.444. The molecule has 1 aromatic carbocycles. The van der Waals surface area contributed by atoms with Crippen molar-refractivity contribution in [2.75, 3.05) is 0 Å². The van der Waals surface area contributed by atoms with Crippen LogP contribution in [0.5, 0.6) is 0 Å². The fourth-order valence-corrected chi connectivity index (χ4v) is 3.22. The fourth-order valence-electron chi connectivity index (χ4n) is 3.09. The smallest absolute Gasteiger partial charge is 0.227 e. The molecule has 0 bridgehead atoms. The topological polar surface area (TPSA) is 55.1 Å². The van der Waals surface area contributed by atoms with Crippen molar-refractivity contribution < 1.29 is 9.32 Å². The molecule has 23 heavy (non-hydrogen) atoms. The Kier molecular flexibility index (Phi) is 4.44. The SMILES string of the molecule is Cc1noc(C)c1[C@H](C)C(=O)N[C@H](c1ccc(Cl)cc1)C1CC1. The number of benzene rings is 1. The normalized spacial score (nSPS) is 16.9. The Bertz CT molecular complexity index is 685. The molecule has 0 radical (unpaired) electrons. The van der Waals surface area contributed by atoms with Crippen LogP contribution in [0.3, 0.4) is 0 Å². The molecule has 2 aromatic rings. The molecule has 0 saturated heterocycles. The van der Waals surface area contributed by atoms with Crippen LogP contribution in [0.25, 0.3) is 0 Å². The van der Waals surface area contributed by atoms with Crippen molar-refractivity contribution in [3.05, 3.63) is 51.9 Å². The largest absolute Gasteiger partial charge is 0.361 e. The van der Waals surface area contributed by atoms with E-state index < -0.39 is 0 Å². The minimum absolute atomic E-state index is 0.00579. The van der Waals surface area contributed by atoms with E-state index >= 15 is 0 Å². The van der Waals surface area contributed by atoms with E-state index in [0.29, 0.717) is 16.7 Å². The number of aromatic nitrogens is 1. The van der Waals surface area contributed by atoms with Gasteiger partial charge in [0, 0.05) is 10.6 Å². The van der Waals surface area contributed by atoms with Crippen LogP contribution in [0.4, 0.5) is 0 Å². The second-order valence-electron chi connectivity index (χ2n) is 6.33. The van der Waals surface area contributed by atoms with E-state index in [4.69, 9.17) is 16.1 Å². The van der Waals surface area contributed by atoms with Crippen LogP contribution in [0.1, 0.15) is 54.3 Å². The highest BCUT2D eigenvalue weighted by molar-refractivity contribution is 6.30. The van der Waals surface area contributed by atoms with Crippen LogP contribution in [-0.2, 0) is 4.79 Å². The molecule has 1 heterocycles. The minimum atomic E-state index is -0.283. The van der Waals surface area contributed by atoms with E-state index in [0.717, 1.165) is 29.7 Å². The highest BCUT2D eigenvalue weighted by Gasteiger charge is 2.35. The maximum atomic E-state index is 12.7. The average Bonchev–Trinajstić information content (AvgIpc) is 3.31. The zero-order valence-corrected chi connectivity index (χ0v) is 14.4. The zero-order chi connectivity index (χ0) is 16.6. The monoisotopic (exact) mass is 332 g/mol. The van der Waals surface area contributed by atoms with E-state index in [1.807, 2.05) is 45.0 Å². The number of carbonyl (C=O) groups excluding carboxylic acids is 1. The number of carbonyl (C=O) groups is 1. The highest BCUT2D eigenvalue weighted by Crippen LogP contribution is 2.41. The molecule has 1 fully saturated rings. The molecule has 0 unspecified atom stereocenters. The van der Waals surface area contributed by atoms with Gasteiger partial charge in [0.05, 0.1) is 17.7 Å². The summed E-state index contributed by atoms with van der Waals surface area (Å²) < 4.78 is 5.18. The third-order valence-electron chi connectivity index (χ3n) is 4.54. The van der Waals surface area contributed by atoms with Crippen LogP contribution >= 0.6 is 11.6 Å². The van der Waals surface area contributed by atoms with Crippen LogP contribution in [0.2, 0.25) is 5.02 Å². The molecule has 1 aliphatic rings. The summed E-state index contributed by atoms with van der Waals surface area (Å²) in [4.78, 5) is 12.7. The Hall–Kier alpha value is -1.81. The molecule has 1 aliphatic carbocycles. The van der Waals surface area contributed by atoms with Crippen molar-refractivity contribution in [2.24, 2.45) is 5.92 Å². The van der Waals surface area contributed by atoms with Gasteiger partial charge in [-0.05, 0) is 57.2 Å². The van der Waals surface area contributed by atoms with Crippen LogP contribution in [-0.4, -0.2) is 11.1 Å². The molecule has 122 valence electrons. The van der Waals surface area contributed by atoms with Gasteiger partial charge in [0.1, 0.15) is 5.76 Å². The summed E-state index contributed by atoms with van der Waals surface area (Å²) in [5.74, 6) is 0.942. The lowest BCUT2D eigenvalue weighted by Gasteiger charge is -2.21. The molecule has 1 amide bonds. The Labute approximate surface area is 141 Å². The summed E-state index contributed by atoms with van der Waals surface area (Å²) in [6, 6.07) is 7.77. The number of nitrogens with one attached hydrogen (secondary N) is 1. The summed E-state index contributed by atoms with van der Waals surface area (Å²) in [5, 5.41) is 7.86. The van der Waals surface area contributed by atoms with Crippen molar-refractivity contribution in [1.82, 2.24) is 10.5 Å². The van der Waals surface area contributed by atoms with Crippen molar-refractivity contribution in [3.63, 3.8) is 0 Å². The van der Waals surface area contributed by atoms with E-state index in [-0.39, 0.29) is 17.9 Å². The van der Waals surface area contributed by atoms with Crippen molar-refractivity contribution in [2.45, 2.75) is 45.6 Å². The predicted molar refractivity (Wildman–Crippen MR) is 89.5 cm³/mol. The predicted octanol–water partition coefficient (Wildman–Crippen LogP) is 4.32. The Balaban J connectivity index is 1.78. The van der Waals surface area contributed by atoms with Gasteiger partial charge in [-0.15, -0.1) is 0 Å². The van der Waals surface area contributed by atoms with Crippen LogP contribution < -0.4 is 5.32 Å². The van der Waals surface area contributed by atoms with Gasteiger partial charge in [0.15, 0.2) is 0 Å². The number of halogens is 1. The highest BCUT2D eigenvalue weighted by atomic mass is 35.5. The number of hydrogen-bond acceptors (Lipinski definition) is 3. The summed E-state index contributed by atoms with van der Waals surface area (Å²) in [6.07, 6.45) is 2.29. The average molecular weight is 333 g/mol. The third-order valence-corrected chi connectivity index (χ3v) is 4.79. The number of amides is 1. The van der Waals surface area contributed by atoms with Crippen molar-refractivity contribution >= 4 is 17.5 Å². The Morgan fingerprint density at radius 2 is 1.96 bits per heavy atom. The van der Waals surface area contributed by atoms with Crippen LogP contribution in [0, 0.1) is 19.8 Å². The first kappa shape index (κ1) is 16.1. The van der Waals surface area contributed by atoms with E-state index in [9.17, 15) is 4.79 Å². The molecule has 4 nitrogen and oxygen atoms in total. The molecule has 1 aromatic heterocycles. The van der Waals surface area contributed by atoms with Gasteiger partial charge in [-0.2, -0.15) is 0 Å². The van der Waals surface area contributed by atoms with Gasteiger partial charge in [0.25, 0.3) is 0 Å². The number of aryl methyl sites for hydroxylation is 2. The lowest BCUT2D eigenvalue weighted by Crippen LogP contribution is -2.33. The van der Waals surface area contributed by atoms with E-state index in [1.54, 1.807) is 0 Å². The first-order valence-corrected chi connectivity index (χ1v) is 8.33. The number of nitrogens with zero attached hydrogens (tertiary/aromatic N) is 1. The standard InChI is InChI=1S/C18H21ClN2O2/c1-10(16-11(2)21-23-12(16)3)18(22)20-17(13-4-5-13)14-6-8-15(19)9-7-14/h6-10,13,17H,4-5H2,1-3H3,(H,20,22)/t10-,17-/m0/s1. The second kappa shape index (κ2) is 6.36. The lowest BCUT2D eigenvalue weighted by atomic mass is 9.96. The summed E-state index contributed by atoms with van der Waals surface area (Å²) in [6.45, 7) is 5.61. The summed E-state index contributed by atoms with van der Waals surface area (Å²) >= 11 is 5.97. The van der Waals surface area contributed by atoms with Gasteiger partial charge >= 0.3 is 0 Å². The molecule has 2 atom stereocenters. The van der Waals surface area contributed by atoms with Crippen molar-refractivity contribution in [1.29, 1.82) is 0 Å². The molecule has 0 aliphatic heterocycles. The Morgan fingerprint density at radius 1 is 1.30 bits per heavy atom. The van der Waals surface area contributed by atoms with Crippen molar-refractivity contribution in [3.8, 4) is 0 Å². The number of rotatable bonds is 5. The molecule has 3 rings (SSSR count). The maximum Gasteiger partial charge on any atom is 0.227 e. The van der Waals surface area contributed by atoms with E-state index in [1.165, 1.54) is 0 Å². The number of hydrogen-bond donors (Lipinski definition) is 1. The second-order valence-corrected chi connectivity index (χ2v) is 6.77. The maximum absolute atomic E-state index is 12.7. The molecule has 1 saturated carbocycles. The van der Waals surface area contributed by atoms with Gasteiger partial charge in [-0.1, -0.05) is 28.9 Å². The first-order valence-electron chi connectivity index (χ1n) is 7.96. The van der Waals surface area contributed by atoms with E-state index in [2.05, 4.69) is 10.5 Å². The van der Waals surface area contributed by atoms with Crippen LogP contribution in [0.15, 0.2) is 28.8 Å². The molecule has 0 spiro atoms. The van der Waals surface area contributed by atoms with Gasteiger partial charge in [0.2, 0.25) is 5.91 Å². The van der Waals surface area contributed by atoms with Gasteiger partial charge in [-0.3, -0.25) is 4.79 Å². The molecule has 1 N–H and O–H groups in total. The quantitative estimate of drug-likeness (QED) is 0.887. The summed E-state index contributed by atoms with van der Waals surface area (Å²) in [5.41, 5.74) is 2.77. The minimum Gasteiger partial charge on any atom is -0.361 e. The molecule has 5 heteroatoms. The Morgan fingerprint density at radius 3 is 2.48 bits per heavy atom. The third kappa shape index (κ3) is 3.42. The summed E-state index contributed by atoms with van der Waals surface area (Å²) in [7, 11) is 0. The van der Waals surface area contributed by atoms with Gasteiger partial charge < -0.3 is 9.84 Å². The first-order chi connectivity index (χ1) is 11.0. The lowest BCUT2D eigenvalue weighted by molar-refractivity contribution is -0.123. The zero-order valence-electron chi connectivity index (χ0n) is 13.6.